The molecule has 0 saturated carbocycles. The summed E-state index contributed by atoms with van der Waals surface area (Å²) in [6.07, 6.45) is 0.351. The van der Waals surface area contributed by atoms with Crippen molar-refractivity contribution in [3.05, 3.63) is 34.3 Å². The molecule has 0 unspecified atom stereocenters. The number of nitrogens with zero attached hydrogens (tertiary/aromatic N) is 1. The maximum Gasteiger partial charge on any atom is 0.173 e. The van der Waals surface area contributed by atoms with E-state index in [4.69, 9.17) is 17.0 Å². The molecule has 1 saturated heterocycles. The number of ketones is 1. The van der Waals surface area contributed by atoms with Crippen LogP contribution in [0, 0.1) is 0 Å². The van der Waals surface area contributed by atoms with Crippen LogP contribution in [0.4, 0.5) is 0 Å². The highest BCUT2D eigenvalue weighted by Crippen LogP contribution is 2.19. The van der Waals surface area contributed by atoms with E-state index >= 15 is 0 Å². The molecule has 3 nitrogen and oxygen atoms in total. The number of Topliss-reactive ketones (excluding diaryl/α,β-unsaturated/α-hetero) is 1. The topological polar surface area (TPSA) is 29.5 Å². The fraction of sp³-hybridized carbons (Fsp3) is 0.467. The van der Waals surface area contributed by atoms with Crippen LogP contribution in [0.3, 0.4) is 0 Å². The van der Waals surface area contributed by atoms with E-state index in [0.717, 1.165) is 27.4 Å². The Morgan fingerprint density at radius 2 is 1.90 bits per heavy atom. The molecule has 6 heteroatoms. The summed E-state index contributed by atoms with van der Waals surface area (Å²) in [5.41, 5.74) is 0.720. The molecule has 0 bridgehead atoms. The minimum absolute atomic E-state index is 0.101. The summed E-state index contributed by atoms with van der Waals surface area (Å²) in [5, 5.41) is 0. The van der Waals surface area contributed by atoms with Crippen LogP contribution >= 0.6 is 39.9 Å². The summed E-state index contributed by atoms with van der Waals surface area (Å²) in [7, 11) is 0. The van der Waals surface area contributed by atoms with Crippen molar-refractivity contribution in [2.45, 2.75) is 26.1 Å². The molecule has 2 rings (SSSR count). The molecule has 21 heavy (non-hydrogen) atoms. The van der Waals surface area contributed by atoms with Gasteiger partial charge in [-0.05, 0) is 26.0 Å². The maximum atomic E-state index is 12.1. The average molecular weight is 388 g/mol. The van der Waals surface area contributed by atoms with Gasteiger partial charge in [-0.2, -0.15) is 0 Å². The number of ether oxygens (including phenoxy) is 1. The predicted octanol–water partition coefficient (Wildman–Crippen LogP) is 3.76. The summed E-state index contributed by atoms with van der Waals surface area (Å²) in [4.78, 5) is 14.3. The molecule has 1 fully saturated rings. The predicted molar refractivity (Wildman–Crippen MR) is 95.1 cm³/mol. The SMILES string of the molecule is C[C@@H]1CN(C(=S)SCC(=O)c2ccc(Br)cc2)C[C@@H](C)O1. The smallest absolute Gasteiger partial charge is 0.173 e. The number of thiocarbonyl (C=S) groups is 1. The van der Waals surface area contributed by atoms with Crippen molar-refractivity contribution in [1.29, 1.82) is 0 Å². The van der Waals surface area contributed by atoms with E-state index < -0.39 is 0 Å². The number of carbonyl (C=O) groups is 1. The minimum Gasteiger partial charge on any atom is -0.372 e. The van der Waals surface area contributed by atoms with Crippen LogP contribution in [0.25, 0.3) is 0 Å². The molecule has 1 aromatic rings. The van der Waals surface area contributed by atoms with Gasteiger partial charge in [-0.1, -0.05) is 52.0 Å². The van der Waals surface area contributed by atoms with Gasteiger partial charge in [0, 0.05) is 23.1 Å². The third kappa shape index (κ3) is 5.06. The van der Waals surface area contributed by atoms with Crippen LogP contribution in [0.5, 0.6) is 0 Å². The van der Waals surface area contributed by atoms with Crippen molar-refractivity contribution >= 4 is 50.0 Å². The fourth-order valence-electron chi connectivity index (χ4n) is 2.26. The van der Waals surface area contributed by atoms with E-state index in [1.807, 2.05) is 38.1 Å². The van der Waals surface area contributed by atoms with Gasteiger partial charge < -0.3 is 9.64 Å². The van der Waals surface area contributed by atoms with Crippen LogP contribution in [0.2, 0.25) is 0 Å². The summed E-state index contributed by atoms with van der Waals surface area (Å²) < 4.78 is 7.44. The van der Waals surface area contributed by atoms with Crippen LogP contribution in [-0.2, 0) is 4.74 Å². The second-order valence-electron chi connectivity index (χ2n) is 5.15. The van der Waals surface area contributed by atoms with Gasteiger partial charge in [0.15, 0.2) is 5.78 Å². The first kappa shape index (κ1) is 16.9. The largest absolute Gasteiger partial charge is 0.372 e. The van der Waals surface area contributed by atoms with Crippen LogP contribution in [0.15, 0.2) is 28.7 Å². The molecule has 1 heterocycles. The van der Waals surface area contributed by atoms with Gasteiger partial charge in [-0.25, -0.2) is 0 Å². The Labute approximate surface area is 143 Å². The second kappa shape index (κ2) is 7.72. The molecule has 0 spiro atoms. The van der Waals surface area contributed by atoms with Gasteiger partial charge in [0.05, 0.1) is 18.0 Å². The normalized spacial score (nSPS) is 22.1. The Balaban J connectivity index is 1.86. The average Bonchev–Trinajstić information content (AvgIpc) is 2.44. The summed E-state index contributed by atoms with van der Waals surface area (Å²) in [6, 6.07) is 7.41. The number of rotatable bonds is 3. The molecule has 0 amide bonds. The van der Waals surface area contributed by atoms with Gasteiger partial charge in [-0.15, -0.1) is 0 Å². The Hall–Kier alpha value is -0.430. The van der Waals surface area contributed by atoms with E-state index in [1.165, 1.54) is 11.8 Å². The number of benzene rings is 1. The molecule has 0 N–H and O–H groups in total. The van der Waals surface area contributed by atoms with Crippen LogP contribution in [-0.4, -0.2) is 46.1 Å². The van der Waals surface area contributed by atoms with Gasteiger partial charge in [0.2, 0.25) is 0 Å². The molecule has 2 atom stereocenters. The molecule has 114 valence electrons. The Morgan fingerprint density at radius 1 is 1.33 bits per heavy atom. The number of hydrogen-bond acceptors (Lipinski definition) is 4. The van der Waals surface area contributed by atoms with E-state index in [2.05, 4.69) is 20.8 Å². The fourth-order valence-corrected chi connectivity index (χ4v) is 3.61. The highest BCUT2D eigenvalue weighted by Gasteiger charge is 2.24. The highest BCUT2D eigenvalue weighted by molar-refractivity contribution is 9.10. The first-order chi connectivity index (χ1) is 9.95. The zero-order valence-corrected chi connectivity index (χ0v) is 15.3. The second-order valence-corrected chi connectivity index (χ2v) is 7.67. The number of hydrogen-bond donors (Lipinski definition) is 0. The summed E-state index contributed by atoms with van der Waals surface area (Å²) in [6.45, 7) is 5.68. The van der Waals surface area contributed by atoms with E-state index in [1.54, 1.807) is 0 Å². The Bertz CT molecular complexity index is 511. The highest BCUT2D eigenvalue weighted by atomic mass is 79.9. The van der Waals surface area contributed by atoms with Crippen molar-refractivity contribution < 1.29 is 9.53 Å². The van der Waals surface area contributed by atoms with Crippen LogP contribution in [0.1, 0.15) is 24.2 Å². The van der Waals surface area contributed by atoms with Gasteiger partial charge in [-0.3, -0.25) is 4.79 Å². The molecular weight excluding hydrogens is 370 g/mol. The molecular formula is C15H18BrNO2S2. The van der Waals surface area contributed by atoms with E-state index in [9.17, 15) is 4.79 Å². The molecule has 1 aliphatic rings. The maximum absolute atomic E-state index is 12.1. The Morgan fingerprint density at radius 3 is 2.48 bits per heavy atom. The van der Waals surface area contributed by atoms with Gasteiger partial charge in [0.25, 0.3) is 0 Å². The summed E-state index contributed by atoms with van der Waals surface area (Å²) >= 11 is 10.2. The molecule has 1 aliphatic heterocycles. The van der Waals surface area contributed by atoms with Gasteiger partial charge in [0.1, 0.15) is 4.32 Å². The number of halogens is 1. The van der Waals surface area contributed by atoms with E-state index in [-0.39, 0.29) is 18.0 Å². The van der Waals surface area contributed by atoms with Crippen molar-refractivity contribution in [3.8, 4) is 0 Å². The standard InChI is InChI=1S/C15H18BrNO2S2/c1-10-7-17(8-11(2)19-10)15(20)21-9-14(18)12-3-5-13(16)6-4-12/h3-6,10-11H,7-9H2,1-2H3/t10-,11-/m1/s1. The minimum atomic E-state index is 0.101. The van der Waals surface area contributed by atoms with Crippen LogP contribution < -0.4 is 0 Å². The third-order valence-electron chi connectivity index (χ3n) is 3.17. The van der Waals surface area contributed by atoms with Gasteiger partial charge >= 0.3 is 0 Å². The Kier molecular flexibility index (Phi) is 6.22. The third-order valence-corrected chi connectivity index (χ3v) is 5.22. The monoisotopic (exact) mass is 387 g/mol. The first-order valence-corrected chi connectivity index (χ1v) is 9.00. The number of morpholine rings is 1. The molecule has 0 radical (unpaired) electrons. The first-order valence-electron chi connectivity index (χ1n) is 6.81. The van der Waals surface area contributed by atoms with Crippen molar-refractivity contribution in [1.82, 2.24) is 4.90 Å². The molecule has 0 aromatic heterocycles. The lowest BCUT2D eigenvalue weighted by Crippen LogP contribution is -2.46. The summed E-state index contributed by atoms with van der Waals surface area (Å²) in [5.74, 6) is 0.477. The quantitative estimate of drug-likeness (QED) is 0.581. The lowest BCUT2D eigenvalue weighted by molar-refractivity contribution is -0.0465. The lowest BCUT2D eigenvalue weighted by Gasteiger charge is -2.36. The zero-order valence-electron chi connectivity index (χ0n) is 12.0. The van der Waals surface area contributed by atoms with Crippen molar-refractivity contribution in [2.75, 3.05) is 18.8 Å². The van der Waals surface area contributed by atoms with E-state index in [0.29, 0.717) is 5.75 Å². The van der Waals surface area contributed by atoms with Crippen molar-refractivity contribution in [3.63, 3.8) is 0 Å². The molecule has 0 aliphatic carbocycles. The zero-order chi connectivity index (χ0) is 15.4. The number of thioether (sulfide) groups is 1. The number of carbonyl (C=O) groups excluding carboxylic acids is 1. The molecule has 1 aromatic carbocycles. The lowest BCUT2D eigenvalue weighted by atomic mass is 10.2. The van der Waals surface area contributed by atoms with Crippen molar-refractivity contribution in [2.24, 2.45) is 0 Å².